The number of carbonyl (C=O) groups excluding carboxylic acids is 1. The Morgan fingerprint density at radius 2 is 2.00 bits per heavy atom. The number of hydrogen-bond acceptors (Lipinski definition) is 4. The van der Waals surface area contributed by atoms with E-state index < -0.39 is 23.1 Å². The fourth-order valence-electron chi connectivity index (χ4n) is 4.01. The molecular formula is C21H22F2IN3O2. The van der Waals surface area contributed by atoms with Gasteiger partial charge in [0.2, 0.25) is 0 Å². The van der Waals surface area contributed by atoms with Crippen molar-refractivity contribution in [3.8, 4) is 0 Å². The minimum atomic E-state index is -0.959. The number of carbonyl (C=O) groups is 1. The van der Waals surface area contributed by atoms with Crippen molar-refractivity contribution in [2.75, 3.05) is 25.0 Å². The summed E-state index contributed by atoms with van der Waals surface area (Å²) in [6.07, 6.45) is 3.01. The maximum Gasteiger partial charge on any atom is 0.256 e. The van der Waals surface area contributed by atoms with Crippen LogP contribution in [0.25, 0.3) is 0 Å². The molecule has 5 nitrogen and oxygen atoms in total. The minimum absolute atomic E-state index is 0.0358. The lowest BCUT2D eigenvalue weighted by Gasteiger charge is -2.51. The van der Waals surface area contributed by atoms with Crippen LogP contribution in [0.3, 0.4) is 0 Å². The zero-order valence-corrected chi connectivity index (χ0v) is 17.9. The number of benzene rings is 2. The molecule has 0 unspecified atom stereocenters. The molecule has 2 aromatic rings. The Kier molecular flexibility index (Phi) is 5.76. The first-order valence-electron chi connectivity index (χ1n) is 9.63. The molecule has 0 saturated carbocycles. The number of nitrogens with one attached hydrogen (secondary N) is 2. The summed E-state index contributed by atoms with van der Waals surface area (Å²) < 4.78 is 29.5. The van der Waals surface area contributed by atoms with Gasteiger partial charge in [0.25, 0.3) is 5.91 Å². The molecule has 2 aliphatic heterocycles. The van der Waals surface area contributed by atoms with Gasteiger partial charge in [-0.25, -0.2) is 8.78 Å². The number of aliphatic hydroxyl groups is 1. The second-order valence-electron chi connectivity index (χ2n) is 7.68. The van der Waals surface area contributed by atoms with Crippen LogP contribution in [0.4, 0.5) is 20.2 Å². The van der Waals surface area contributed by atoms with Crippen molar-refractivity contribution in [3.63, 3.8) is 0 Å². The van der Waals surface area contributed by atoms with Gasteiger partial charge in [-0.2, -0.15) is 0 Å². The zero-order chi connectivity index (χ0) is 20.6. The third kappa shape index (κ3) is 4.10. The molecule has 0 aromatic heterocycles. The summed E-state index contributed by atoms with van der Waals surface area (Å²) in [7, 11) is 0. The maximum atomic E-state index is 14.5. The number of hydrogen-bond donors (Lipinski definition) is 3. The average molecular weight is 513 g/mol. The third-order valence-electron chi connectivity index (χ3n) is 5.61. The molecule has 2 saturated heterocycles. The van der Waals surface area contributed by atoms with Crippen molar-refractivity contribution in [2.24, 2.45) is 0 Å². The van der Waals surface area contributed by atoms with Crippen molar-refractivity contribution in [1.29, 1.82) is 0 Å². The highest BCUT2D eigenvalue weighted by molar-refractivity contribution is 14.1. The molecule has 1 amide bonds. The van der Waals surface area contributed by atoms with E-state index in [2.05, 4.69) is 10.6 Å². The van der Waals surface area contributed by atoms with E-state index in [0.717, 1.165) is 25.8 Å². The first kappa shape index (κ1) is 20.5. The Labute approximate surface area is 181 Å². The lowest BCUT2D eigenvalue weighted by atomic mass is 9.81. The van der Waals surface area contributed by atoms with Gasteiger partial charge in [-0.3, -0.25) is 4.79 Å². The monoisotopic (exact) mass is 513 g/mol. The van der Waals surface area contributed by atoms with Crippen molar-refractivity contribution >= 4 is 39.9 Å². The molecular weight excluding hydrogens is 491 g/mol. The Bertz CT molecular complexity index is 928. The Balaban J connectivity index is 1.53. The fraction of sp³-hybridized carbons (Fsp3) is 0.381. The van der Waals surface area contributed by atoms with Crippen LogP contribution in [0.5, 0.6) is 0 Å². The molecule has 2 fully saturated rings. The number of piperidine rings is 1. The van der Waals surface area contributed by atoms with Gasteiger partial charge in [-0.05, 0) is 72.3 Å². The molecule has 8 heteroatoms. The highest BCUT2D eigenvalue weighted by Gasteiger charge is 2.49. The molecule has 0 spiro atoms. The van der Waals surface area contributed by atoms with Crippen LogP contribution in [0.2, 0.25) is 0 Å². The van der Waals surface area contributed by atoms with Crippen molar-refractivity contribution in [3.05, 3.63) is 57.2 Å². The molecule has 0 aliphatic carbocycles. The van der Waals surface area contributed by atoms with Crippen LogP contribution >= 0.6 is 22.6 Å². The Morgan fingerprint density at radius 3 is 2.69 bits per heavy atom. The summed E-state index contributed by atoms with van der Waals surface area (Å²) in [6, 6.07) is 8.68. The smallest absolute Gasteiger partial charge is 0.256 e. The number of rotatable bonds is 4. The summed E-state index contributed by atoms with van der Waals surface area (Å²) in [4.78, 5) is 14.5. The second kappa shape index (κ2) is 8.16. The van der Waals surface area contributed by atoms with E-state index >= 15 is 0 Å². The Hall–Kier alpha value is -1.78. The predicted molar refractivity (Wildman–Crippen MR) is 115 cm³/mol. The molecule has 0 bridgehead atoms. The van der Waals surface area contributed by atoms with E-state index in [1.165, 1.54) is 35.2 Å². The van der Waals surface area contributed by atoms with Gasteiger partial charge in [0, 0.05) is 9.61 Å². The number of β-amino-alcohol motifs (C(OH)–C–C–N with tert-alkyl or cyclic N) is 1. The van der Waals surface area contributed by atoms with Crippen LogP contribution in [-0.2, 0) is 0 Å². The lowest BCUT2D eigenvalue weighted by molar-refractivity contribution is -0.108. The van der Waals surface area contributed by atoms with Gasteiger partial charge in [0.1, 0.15) is 17.2 Å². The van der Waals surface area contributed by atoms with Crippen molar-refractivity contribution < 1.29 is 18.7 Å². The summed E-state index contributed by atoms with van der Waals surface area (Å²) in [6.45, 7) is 1.25. The van der Waals surface area contributed by atoms with Crippen LogP contribution in [0.1, 0.15) is 29.6 Å². The maximum absolute atomic E-state index is 14.5. The number of halogens is 3. The second-order valence-corrected chi connectivity index (χ2v) is 8.92. The predicted octanol–water partition coefficient (Wildman–Crippen LogP) is 3.64. The average Bonchev–Trinajstić information content (AvgIpc) is 2.69. The number of likely N-dealkylation sites (tertiary alicyclic amines) is 1. The highest BCUT2D eigenvalue weighted by Crippen LogP contribution is 2.33. The van der Waals surface area contributed by atoms with Crippen molar-refractivity contribution in [1.82, 2.24) is 10.2 Å². The molecule has 1 atom stereocenters. The summed E-state index contributed by atoms with van der Waals surface area (Å²) in [5, 5.41) is 16.9. The van der Waals surface area contributed by atoms with E-state index in [-0.39, 0.29) is 36.1 Å². The Morgan fingerprint density at radius 1 is 1.21 bits per heavy atom. The molecule has 2 aliphatic rings. The summed E-state index contributed by atoms with van der Waals surface area (Å²) in [5.74, 6) is -1.56. The summed E-state index contributed by atoms with van der Waals surface area (Å²) in [5.41, 5.74) is -0.819. The summed E-state index contributed by atoms with van der Waals surface area (Å²) >= 11 is 1.99. The number of anilines is 2. The van der Waals surface area contributed by atoms with E-state index in [4.69, 9.17) is 0 Å². The van der Waals surface area contributed by atoms with E-state index in [1.807, 2.05) is 22.6 Å². The molecule has 154 valence electrons. The minimum Gasteiger partial charge on any atom is -0.385 e. The van der Waals surface area contributed by atoms with Gasteiger partial charge >= 0.3 is 0 Å². The van der Waals surface area contributed by atoms with Gasteiger partial charge in [0.05, 0.1) is 30.0 Å². The molecule has 0 radical (unpaired) electrons. The lowest BCUT2D eigenvalue weighted by Crippen LogP contribution is -2.72. The van der Waals surface area contributed by atoms with E-state index in [9.17, 15) is 18.7 Å². The normalized spacial score (nSPS) is 20.8. The molecule has 4 rings (SSSR count). The largest absolute Gasteiger partial charge is 0.385 e. The van der Waals surface area contributed by atoms with Crippen LogP contribution in [-0.4, -0.2) is 47.2 Å². The van der Waals surface area contributed by atoms with Gasteiger partial charge in [0.15, 0.2) is 0 Å². The molecule has 2 aromatic carbocycles. The fourth-order valence-corrected chi connectivity index (χ4v) is 4.47. The topological polar surface area (TPSA) is 64.6 Å². The van der Waals surface area contributed by atoms with Crippen molar-refractivity contribution in [2.45, 2.75) is 30.9 Å². The third-order valence-corrected chi connectivity index (χ3v) is 6.28. The van der Waals surface area contributed by atoms with Crippen LogP contribution < -0.4 is 10.6 Å². The molecule has 29 heavy (non-hydrogen) atoms. The first-order chi connectivity index (χ1) is 13.9. The number of nitrogens with zero attached hydrogens (tertiary/aromatic N) is 1. The molecule has 3 N–H and O–H groups in total. The quantitative estimate of drug-likeness (QED) is 0.547. The SMILES string of the molecule is O=C(c1cccc(F)c1Nc1ccc(I)cc1F)N1CC(O)([C@@H]2CCCCN2)C1. The van der Waals surface area contributed by atoms with Gasteiger partial charge in [-0.15, -0.1) is 0 Å². The standard InChI is InChI=1S/C21H22F2IN3O2/c22-15-5-3-4-14(19(15)26-17-8-7-13(24)10-16(17)23)20(28)27-11-21(29,12-27)18-6-1-2-9-25-18/h3-5,7-8,10,18,25-26,29H,1-2,6,9,11-12H2/t18-/m0/s1. The van der Waals surface area contributed by atoms with E-state index in [1.54, 1.807) is 6.07 Å². The highest BCUT2D eigenvalue weighted by atomic mass is 127. The number of para-hydroxylation sites is 1. The van der Waals surface area contributed by atoms with E-state index in [0.29, 0.717) is 3.57 Å². The van der Waals surface area contributed by atoms with Crippen LogP contribution in [0, 0.1) is 15.2 Å². The van der Waals surface area contributed by atoms with Gasteiger partial charge in [-0.1, -0.05) is 12.5 Å². The van der Waals surface area contributed by atoms with Crippen LogP contribution in [0.15, 0.2) is 36.4 Å². The first-order valence-corrected chi connectivity index (χ1v) is 10.7. The van der Waals surface area contributed by atoms with Gasteiger partial charge < -0.3 is 20.6 Å². The molecule has 2 heterocycles. The zero-order valence-electron chi connectivity index (χ0n) is 15.7. The number of amides is 1.